The normalized spacial score (nSPS) is 13.4. The summed E-state index contributed by atoms with van der Waals surface area (Å²) in [4.78, 5) is 28.7. The summed E-state index contributed by atoms with van der Waals surface area (Å²) < 4.78 is 39.1. The van der Waals surface area contributed by atoms with Gasteiger partial charge in [-0.2, -0.15) is 18.3 Å². The van der Waals surface area contributed by atoms with E-state index >= 15 is 0 Å². The molecule has 4 aromatic rings. The van der Waals surface area contributed by atoms with Gasteiger partial charge in [-0.1, -0.05) is 11.6 Å². The summed E-state index contributed by atoms with van der Waals surface area (Å²) in [5.41, 5.74) is 0.391. The summed E-state index contributed by atoms with van der Waals surface area (Å²) in [6.45, 7) is 1.72. The fourth-order valence-electron chi connectivity index (χ4n) is 2.96. The fourth-order valence-corrected chi connectivity index (χ4v) is 3.99. The predicted molar refractivity (Wildman–Crippen MR) is 120 cm³/mol. The Labute approximate surface area is 204 Å². The number of aromatic nitrogens is 6. The van der Waals surface area contributed by atoms with E-state index in [4.69, 9.17) is 11.6 Å². The number of aliphatic hydroxyl groups excluding tert-OH is 1. The van der Waals surface area contributed by atoms with Crippen LogP contribution in [0.25, 0.3) is 11.4 Å². The summed E-state index contributed by atoms with van der Waals surface area (Å²) in [6, 6.07) is 3.47. The molecular formula is C20H16ClF3N8O2S. The van der Waals surface area contributed by atoms with Gasteiger partial charge in [0.05, 0.1) is 39.9 Å². The highest BCUT2D eigenvalue weighted by Gasteiger charge is 2.34. The lowest BCUT2D eigenvalue weighted by molar-refractivity contribution is -0.137. The zero-order valence-corrected chi connectivity index (χ0v) is 19.3. The number of rotatable bonds is 7. The van der Waals surface area contributed by atoms with E-state index in [1.165, 1.54) is 12.5 Å². The van der Waals surface area contributed by atoms with E-state index in [9.17, 15) is 23.1 Å². The minimum Gasteiger partial charge on any atom is -0.373 e. The lowest BCUT2D eigenvalue weighted by Crippen LogP contribution is -2.25. The first-order valence-corrected chi connectivity index (χ1v) is 11.1. The molecule has 182 valence electrons. The van der Waals surface area contributed by atoms with Gasteiger partial charge in [0, 0.05) is 12.4 Å². The number of nitrogens with one attached hydrogen (secondary N) is 3. The van der Waals surface area contributed by atoms with Crippen molar-refractivity contribution in [3.05, 3.63) is 69.3 Å². The Hall–Kier alpha value is -3.46. The number of aliphatic hydroxyl groups is 1. The van der Waals surface area contributed by atoms with Crippen LogP contribution >= 0.6 is 22.9 Å². The molecule has 0 saturated heterocycles. The average Bonchev–Trinajstić information content (AvgIpc) is 3.52. The van der Waals surface area contributed by atoms with Crippen molar-refractivity contribution in [2.45, 2.75) is 25.4 Å². The molecule has 1 amide bonds. The molecule has 35 heavy (non-hydrogen) atoms. The maximum absolute atomic E-state index is 13.0. The van der Waals surface area contributed by atoms with Gasteiger partial charge in [0.25, 0.3) is 5.91 Å². The molecule has 0 radical (unpaired) electrons. The van der Waals surface area contributed by atoms with E-state index in [-0.39, 0.29) is 10.7 Å². The van der Waals surface area contributed by atoms with E-state index in [0.717, 1.165) is 17.5 Å². The highest BCUT2D eigenvalue weighted by atomic mass is 35.5. The number of aromatic amines is 1. The van der Waals surface area contributed by atoms with Crippen molar-refractivity contribution < 1.29 is 23.1 Å². The molecule has 0 aliphatic rings. The molecule has 10 nitrogen and oxygen atoms in total. The molecule has 15 heteroatoms. The number of anilines is 1. The van der Waals surface area contributed by atoms with Crippen LogP contribution in [0.15, 0.2) is 43.1 Å². The number of nitrogens with zero attached hydrogens (tertiary/aromatic N) is 5. The van der Waals surface area contributed by atoms with Crippen LogP contribution in [0.2, 0.25) is 5.02 Å². The molecule has 2 unspecified atom stereocenters. The first-order valence-electron chi connectivity index (χ1n) is 9.87. The quantitative estimate of drug-likeness (QED) is 0.266. The lowest BCUT2D eigenvalue weighted by atomic mass is 10.2. The Balaban J connectivity index is 1.42. The molecule has 4 N–H and O–H groups in total. The van der Waals surface area contributed by atoms with Gasteiger partial charge in [0.2, 0.25) is 0 Å². The maximum atomic E-state index is 13.0. The molecule has 4 heterocycles. The SMILES string of the molecule is CC(NC(O)c1cc(-c2ccn[nH]2)ncn1)c1ncc(C(=O)Nc2cc(C(F)(F)F)c(Cl)cn2)s1. The average molecular weight is 525 g/mol. The molecule has 0 aliphatic carbocycles. The number of hydrogen-bond donors (Lipinski definition) is 4. The van der Waals surface area contributed by atoms with Gasteiger partial charge in [0.15, 0.2) is 0 Å². The minimum absolute atomic E-state index is 0.136. The second kappa shape index (κ2) is 10.0. The van der Waals surface area contributed by atoms with Gasteiger partial charge < -0.3 is 10.4 Å². The number of pyridine rings is 1. The van der Waals surface area contributed by atoms with Crippen LogP contribution in [0.3, 0.4) is 0 Å². The zero-order chi connectivity index (χ0) is 25.2. The minimum atomic E-state index is -4.69. The van der Waals surface area contributed by atoms with Gasteiger partial charge in [-0.25, -0.2) is 19.9 Å². The summed E-state index contributed by atoms with van der Waals surface area (Å²) in [7, 11) is 0. The van der Waals surface area contributed by atoms with E-state index in [0.29, 0.717) is 28.2 Å². The molecule has 0 spiro atoms. The number of H-pyrrole nitrogens is 1. The maximum Gasteiger partial charge on any atom is 0.418 e. The van der Waals surface area contributed by atoms with Crippen molar-refractivity contribution >= 4 is 34.7 Å². The van der Waals surface area contributed by atoms with Crippen molar-refractivity contribution in [2.24, 2.45) is 0 Å². The standard InChI is InChI=1S/C20H16ClF3N8O2S/c1-9(30-17(33)14-5-13(27-8-28-14)12-2-3-29-32-12)19-26-7-15(35-19)18(34)31-16-4-10(20(22,23)24)11(21)6-25-16/h2-9,17,30,33H,1H3,(H,29,32)(H,25,31,34). The zero-order valence-electron chi connectivity index (χ0n) is 17.7. The van der Waals surface area contributed by atoms with Gasteiger partial charge >= 0.3 is 6.18 Å². The number of carbonyl (C=O) groups excluding carboxylic acids is 1. The van der Waals surface area contributed by atoms with Gasteiger partial charge in [0.1, 0.15) is 28.3 Å². The number of amides is 1. The Morgan fingerprint density at radius 2 is 2.00 bits per heavy atom. The number of alkyl halides is 3. The largest absolute Gasteiger partial charge is 0.418 e. The predicted octanol–water partition coefficient (Wildman–Crippen LogP) is 3.98. The molecule has 0 fully saturated rings. The lowest BCUT2D eigenvalue weighted by Gasteiger charge is -2.17. The van der Waals surface area contributed by atoms with E-state index in [1.54, 1.807) is 25.3 Å². The van der Waals surface area contributed by atoms with Crippen LogP contribution in [0.4, 0.5) is 19.0 Å². The number of halogens is 4. The number of carbonyl (C=O) groups is 1. The highest BCUT2D eigenvalue weighted by Crippen LogP contribution is 2.35. The Kier molecular flexibility index (Phi) is 7.07. The van der Waals surface area contributed by atoms with Crippen molar-refractivity contribution in [3.63, 3.8) is 0 Å². The van der Waals surface area contributed by atoms with Crippen LogP contribution in [-0.4, -0.2) is 41.1 Å². The Morgan fingerprint density at radius 3 is 2.71 bits per heavy atom. The topological polar surface area (TPSA) is 142 Å². The first-order chi connectivity index (χ1) is 16.6. The Morgan fingerprint density at radius 1 is 1.20 bits per heavy atom. The monoisotopic (exact) mass is 524 g/mol. The summed E-state index contributed by atoms with van der Waals surface area (Å²) in [5, 5.41) is 22.3. The third-order valence-electron chi connectivity index (χ3n) is 4.67. The molecule has 0 aliphatic heterocycles. The third kappa shape index (κ3) is 5.79. The molecule has 2 atom stereocenters. The van der Waals surface area contributed by atoms with Crippen LogP contribution in [-0.2, 0) is 6.18 Å². The van der Waals surface area contributed by atoms with Crippen LogP contribution in [0, 0.1) is 0 Å². The van der Waals surface area contributed by atoms with Crippen LogP contribution in [0.1, 0.15) is 45.1 Å². The van der Waals surface area contributed by atoms with Crippen molar-refractivity contribution in [1.82, 2.24) is 35.5 Å². The van der Waals surface area contributed by atoms with Crippen molar-refractivity contribution in [3.8, 4) is 11.4 Å². The van der Waals surface area contributed by atoms with Crippen molar-refractivity contribution in [2.75, 3.05) is 5.32 Å². The molecule has 0 saturated carbocycles. The smallest absolute Gasteiger partial charge is 0.373 e. The molecule has 4 rings (SSSR count). The second-order valence-corrected chi connectivity index (χ2v) is 8.62. The fraction of sp³-hybridized carbons (Fsp3) is 0.200. The number of thiazole rings is 1. The number of hydrogen-bond acceptors (Lipinski definition) is 9. The van der Waals surface area contributed by atoms with E-state index < -0.39 is 34.9 Å². The molecule has 4 aromatic heterocycles. The van der Waals surface area contributed by atoms with Gasteiger partial charge in [-0.3, -0.25) is 15.2 Å². The van der Waals surface area contributed by atoms with Crippen molar-refractivity contribution in [1.29, 1.82) is 0 Å². The second-order valence-electron chi connectivity index (χ2n) is 7.15. The molecule has 0 bridgehead atoms. The summed E-state index contributed by atoms with van der Waals surface area (Å²) >= 11 is 6.55. The van der Waals surface area contributed by atoms with Crippen LogP contribution < -0.4 is 10.6 Å². The van der Waals surface area contributed by atoms with Gasteiger partial charge in [-0.05, 0) is 25.1 Å². The highest BCUT2D eigenvalue weighted by molar-refractivity contribution is 7.13. The van der Waals surface area contributed by atoms with E-state index in [2.05, 4.69) is 40.8 Å². The summed E-state index contributed by atoms with van der Waals surface area (Å²) in [5.74, 6) is -0.996. The molecular weight excluding hydrogens is 509 g/mol. The third-order valence-corrected chi connectivity index (χ3v) is 6.15. The molecule has 0 aromatic carbocycles. The first kappa shape index (κ1) is 24.7. The van der Waals surface area contributed by atoms with E-state index in [1.807, 2.05) is 0 Å². The Bertz CT molecular complexity index is 1330. The summed E-state index contributed by atoms with van der Waals surface area (Å²) in [6.07, 6.45) is -0.890. The van der Waals surface area contributed by atoms with Crippen LogP contribution in [0.5, 0.6) is 0 Å². The van der Waals surface area contributed by atoms with Gasteiger partial charge in [-0.15, -0.1) is 11.3 Å².